The van der Waals surface area contributed by atoms with Gasteiger partial charge in [0, 0.05) is 5.41 Å². The Bertz CT molecular complexity index is 785. The third-order valence-corrected chi connectivity index (χ3v) is 6.59. The molecule has 1 nitrogen and oxygen atoms in total. The molecule has 130 valence electrons. The smallest absolute Gasteiger partial charge is 0.0987 e. The minimum Gasteiger partial charge on any atom is -0.512 e. The highest BCUT2D eigenvalue weighted by Gasteiger charge is 2.62. The summed E-state index contributed by atoms with van der Waals surface area (Å²) in [5.74, 6) is 2.21. The fourth-order valence-electron chi connectivity index (χ4n) is 4.88. The molecule has 1 fully saturated rings. The fraction of sp³-hybridized carbons (Fsp3) is 0.417. The molecule has 0 aliphatic heterocycles. The number of hydrogen-bond acceptors (Lipinski definition) is 1. The van der Waals surface area contributed by atoms with E-state index in [1.165, 1.54) is 28.7 Å². The van der Waals surface area contributed by atoms with Gasteiger partial charge < -0.3 is 5.11 Å². The zero-order chi connectivity index (χ0) is 17.6. The van der Waals surface area contributed by atoms with E-state index in [0.717, 1.165) is 18.6 Å². The number of aliphatic hydroxyl groups excluding tert-OH is 1. The molecule has 2 aromatic rings. The van der Waals surface area contributed by atoms with E-state index in [0.29, 0.717) is 17.8 Å². The van der Waals surface area contributed by atoms with Gasteiger partial charge in [-0.15, -0.1) is 0 Å². The van der Waals surface area contributed by atoms with Gasteiger partial charge in [0.1, 0.15) is 0 Å². The van der Waals surface area contributed by atoms with Gasteiger partial charge in [-0.25, -0.2) is 0 Å². The Morgan fingerprint density at radius 1 is 0.960 bits per heavy atom. The van der Waals surface area contributed by atoms with Crippen molar-refractivity contribution >= 4 is 0 Å². The second kappa shape index (κ2) is 6.05. The largest absolute Gasteiger partial charge is 0.512 e. The molecule has 0 radical (unpaired) electrons. The topological polar surface area (TPSA) is 20.2 Å². The van der Waals surface area contributed by atoms with Crippen LogP contribution in [0.5, 0.6) is 0 Å². The molecule has 2 aromatic carbocycles. The maximum atomic E-state index is 11.0. The van der Waals surface area contributed by atoms with E-state index in [-0.39, 0.29) is 5.41 Å². The third-order valence-electron chi connectivity index (χ3n) is 6.59. The first-order valence-corrected chi connectivity index (χ1v) is 9.62. The summed E-state index contributed by atoms with van der Waals surface area (Å²) >= 11 is 0. The molecule has 4 rings (SSSR count). The SMILES string of the molecule is CC(C)C1=C(O)C2(CC2c2ccc(-c3ccccc3)cc2)C(C)CC1. The van der Waals surface area contributed by atoms with Crippen molar-refractivity contribution in [3.05, 3.63) is 71.5 Å². The maximum Gasteiger partial charge on any atom is 0.0987 e. The molecule has 2 aliphatic carbocycles. The van der Waals surface area contributed by atoms with Gasteiger partial charge in [0.05, 0.1) is 5.76 Å². The molecule has 2 aliphatic rings. The number of rotatable bonds is 3. The van der Waals surface area contributed by atoms with Crippen LogP contribution >= 0.6 is 0 Å². The van der Waals surface area contributed by atoms with E-state index in [4.69, 9.17) is 0 Å². The van der Waals surface area contributed by atoms with E-state index in [9.17, 15) is 5.11 Å². The Morgan fingerprint density at radius 2 is 1.60 bits per heavy atom. The second-order valence-corrected chi connectivity index (χ2v) is 8.25. The highest BCUT2D eigenvalue weighted by atomic mass is 16.3. The van der Waals surface area contributed by atoms with Crippen molar-refractivity contribution in [1.82, 2.24) is 0 Å². The van der Waals surface area contributed by atoms with Crippen LogP contribution in [0.15, 0.2) is 65.9 Å². The minimum absolute atomic E-state index is 0.00607. The van der Waals surface area contributed by atoms with Gasteiger partial charge in [-0.05, 0) is 59.3 Å². The van der Waals surface area contributed by atoms with Gasteiger partial charge >= 0.3 is 0 Å². The van der Waals surface area contributed by atoms with Crippen molar-refractivity contribution in [1.29, 1.82) is 0 Å². The molecule has 0 saturated heterocycles. The highest BCUT2D eigenvalue weighted by Crippen LogP contribution is 2.70. The van der Waals surface area contributed by atoms with Crippen molar-refractivity contribution in [3.8, 4) is 11.1 Å². The van der Waals surface area contributed by atoms with Crippen LogP contribution in [0, 0.1) is 17.3 Å². The summed E-state index contributed by atoms with van der Waals surface area (Å²) in [6.45, 7) is 6.74. The summed E-state index contributed by atoms with van der Waals surface area (Å²) < 4.78 is 0. The average Bonchev–Trinajstić information content (AvgIpc) is 3.38. The van der Waals surface area contributed by atoms with Crippen LogP contribution in [0.2, 0.25) is 0 Å². The molecule has 0 heterocycles. The first-order chi connectivity index (χ1) is 12.0. The number of benzene rings is 2. The maximum absolute atomic E-state index is 11.0. The van der Waals surface area contributed by atoms with Crippen LogP contribution in [-0.2, 0) is 0 Å². The summed E-state index contributed by atoms with van der Waals surface area (Å²) in [5, 5.41) is 11.0. The van der Waals surface area contributed by atoms with Crippen LogP contribution in [-0.4, -0.2) is 5.11 Å². The van der Waals surface area contributed by atoms with Gasteiger partial charge in [-0.3, -0.25) is 0 Å². The normalized spacial score (nSPS) is 28.6. The van der Waals surface area contributed by atoms with Crippen LogP contribution in [0.4, 0.5) is 0 Å². The van der Waals surface area contributed by atoms with Gasteiger partial charge in [0.15, 0.2) is 0 Å². The predicted octanol–water partition coefficient (Wildman–Crippen LogP) is 6.73. The molecule has 0 amide bonds. The van der Waals surface area contributed by atoms with E-state index < -0.39 is 0 Å². The van der Waals surface area contributed by atoms with Crippen molar-refractivity contribution in [3.63, 3.8) is 0 Å². The lowest BCUT2D eigenvalue weighted by Gasteiger charge is -2.33. The van der Waals surface area contributed by atoms with Gasteiger partial charge in [-0.1, -0.05) is 75.4 Å². The first-order valence-electron chi connectivity index (χ1n) is 9.62. The van der Waals surface area contributed by atoms with Gasteiger partial charge in [0.25, 0.3) is 0 Å². The van der Waals surface area contributed by atoms with E-state index in [2.05, 4.69) is 75.4 Å². The van der Waals surface area contributed by atoms with E-state index in [1.807, 2.05) is 0 Å². The quantitative estimate of drug-likeness (QED) is 0.661. The number of hydrogen-bond donors (Lipinski definition) is 1. The minimum atomic E-state index is 0.00607. The zero-order valence-corrected chi connectivity index (χ0v) is 15.5. The van der Waals surface area contributed by atoms with Gasteiger partial charge in [-0.2, -0.15) is 0 Å². The Morgan fingerprint density at radius 3 is 2.24 bits per heavy atom. The molecule has 1 spiro atoms. The molecular weight excluding hydrogens is 304 g/mol. The Balaban J connectivity index is 1.63. The van der Waals surface area contributed by atoms with Gasteiger partial charge in [0.2, 0.25) is 0 Å². The number of aliphatic hydroxyl groups is 1. The molecule has 1 N–H and O–H groups in total. The third kappa shape index (κ3) is 2.61. The molecule has 25 heavy (non-hydrogen) atoms. The van der Waals surface area contributed by atoms with Crippen LogP contribution in [0.3, 0.4) is 0 Å². The van der Waals surface area contributed by atoms with Crippen molar-refractivity contribution in [2.45, 2.75) is 46.0 Å². The highest BCUT2D eigenvalue weighted by molar-refractivity contribution is 5.63. The average molecular weight is 332 g/mol. The Kier molecular flexibility index (Phi) is 3.98. The molecular formula is C24H28O. The van der Waals surface area contributed by atoms with Crippen molar-refractivity contribution < 1.29 is 5.11 Å². The van der Waals surface area contributed by atoms with Crippen LogP contribution in [0.25, 0.3) is 11.1 Å². The molecule has 3 unspecified atom stereocenters. The lowest BCUT2D eigenvalue weighted by molar-refractivity contribution is 0.204. The Labute approximate surface area is 151 Å². The predicted molar refractivity (Wildman–Crippen MR) is 105 cm³/mol. The second-order valence-electron chi connectivity index (χ2n) is 8.25. The van der Waals surface area contributed by atoms with Crippen LogP contribution < -0.4 is 0 Å². The monoisotopic (exact) mass is 332 g/mol. The summed E-state index contributed by atoms with van der Waals surface area (Å²) in [5.41, 5.74) is 5.20. The van der Waals surface area contributed by atoms with Crippen LogP contribution in [0.1, 0.15) is 51.5 Å². The standard InChI is InChI=1S/C24H28O/c1-16(2)21-14-9-17(3)24(23(21)25)15-22(24)20-12-10-19(11-13-20)18-7-5-4-6-8-18/h4-8,10-13,16-17,22,25H,9,14-15H2,1-3H3. The summed E-state index contributed by atoms with van der Waals surface area (Å²) in [7, 11) is 0. The van der Waals surface area contributed by atoms with Crippen molar-refractivity contribution in [2.75, 3.05) is 0 Å². The summed E-state index contributed by atoms with van der Waals surface area (Å²) in [6, 6.07) is 19.5. The molecule has 0 aromatic heterocycles. The van der Waals surface area contributed by atoms with E-state index in [1.54, 1.807) is 0 Å². The first kappa shape index (κ1) is 16.4. The lowest BCUT2D eigenvalue weighted by atomic mass is 9.73. The molecule has 1 saturated carbocycles. The Hall–Kier alpha value is -2.02. The zero-order valence-electron chi connectivity index (χ0n) is 15.5. The number of allylic oxidation sites excluding steroid dienone is 2. The van der Waals surface area contributed by atoms with Crippen molar-refractivity contribution in [2.24, 2.45) is 17.3 Å². The summed E-state index contributed by atoms with van der Waals surface area (Å²) in [6.07, 6.45) is 3.36. The molecule has 0 bridgehead atoms. The molecule has 1 heteroatoms. The summed E-state index contributed by atoms with van der Waals surface area (Å²) in [4.78, 5) is 0. The molecule has 3 atom stereocenters. The lowest BCUT2D eigenvalue weighted by Crippen LogP contribution is -2.25. The van der Waals surface area contributed by atoms with E-state index >= 15 is 0 Å². The fourth-order valence-corrected chi connectivity index (χ4v) is 4.88.